The molecule has 15 heteroatoms. The predicted molar refractivity (Wildman–Crippen MR) is 254 cm³/mol. The van der Waals surface area contributed by atoms with Crippen molar-refractivity contribution in [2.75, 3.05) is 33.0 Å². The average molecular weight is 963 g/mol. The van der Waals surface area contributed by atoms with Crippen LogP contribution in [0.2, 0.25) is 0 Å². The van der Waals surface area contributed by atoms with E-state index in [0.717, 1.165) is 57.8 Å². The molecule has 12 nitrogen and oxygen atoms in total. The molecule has 0 saturated heterocycles. The van der Waals surface area contributed by atoms with Crippen molar-refractivity contribution in [3.8, 4) is 0 Å². The van der Waals surface area contributed by atoms with Crippen molar-refractivity contribution in [3.63, 3.8) is 0 Å². The van der Waals surface area contributed by atoms with Gasteiger partial charge in [-0.25, -0.2) is 27.6 Å². The minimum atomic E-state index is -0.987. The molecule has 0 fully saturated rings. The van der Waals surface area contributed by atoms with E-state index >= 15 is 0 Å². The quantitative estimate of drug-likeness (QED) is 0.0238. The van der Waals surface area contributed by atoms with Gasteiger partial charge in [0.15, 0.2) is 6.10 Å². The van der Waals surface area contributed by atoms with E-state index in [1.165, 1.54) is 54.6 Å². The van der Waals surface area contributed by atoms with Crippen molar-refractivity contribution in [1.29, 1.82) is 0 Å². The molecule has 0 unspecified atom stereocenters. The lowest BCUT2D eigenvalue weighted by Crippen LogP contribution is -2.30. The summed E-state index contributed by atoms with van der Waals surface area (Å²) in [5.41, 5.74) is 2.04. The minimum Gasteiger partial charge on any atom is -0.463 e. The summed E-state index contributed by atoms with van der Waals surface area (Å²) < 4.78 is 71.1. The molecule has 0 bridgehead atoms. The molecule has 0 aliphatic heterocycles. The Labute approximate surface area is 403 Å². The summed E-state index contributed by atoms with van der Waals surface area (Å²) in [5, 5.41) is 0. The van der Waals surface area contributed by atoms with Gasteiger partial charge >= 0.3 is 35.8 Å². The Hall–Kier alpha value is -6.51. The molecule has 3 aromatic carbocycles. The smallest absolute Gasteiger partial charge is 0.330 e. The number of ether oxygens (including phenoxy) is 6. The van der Waals surface area contributed by atoms with E-state index in [1.807, 2.05) is 0 Å². The van der Waals surface area contributed by atoms with Crippen LogP contribution in [0.15, 0.2) is 91.0 Å². The Morgan fingerprint density at radius 1 is 0.362 bits per heavy atom. The van der Waals surface area contributed by atoms with E-state index < -0.39 is 41.9 Å². The molecule has 0 spiro atoms. The normalized spacial score (nSPS) is 11.7. The molecule has 3 aromatic rings. The maximum atomic E-state index is 13.0. The van der Waals surface area contributed by atoms with Crippen LogP contribution in [0.3, 0.4) is 0 Å². The standard InChI is InChI=1S/C54H65F3O12/c55-45-28-19-42(20-29-45)25-34-51(60)64-37-13-7-1-4-10-16-49(58)67-40-48(69-54(63)18-12-6-3-9-15-39-66-53(62)36-27-44-23-32-47(57)33-24-44)41-68-50(59)17-11-5-2-8-14-38-65-52(61)35-26-43-21-30-46(56)31-22-43/h19-36,48H,1-18,37-41H2. The zero-order valence-electron chi connectivity index (χ0n) is 39.3. The fraction of sp³-hybridized carbons (Fsp3) is 0.444. The molecular formula is C54H65F3O12. The number of halogens is 3. The molecule has 0 atom stereocenters. The summed E-state index contributed by atoms with van der Waals surface area (Å²) in [5.74, 6) is -4.02. The van der Waals surface area contributed by atoms with Gasteiger partial charge in [0.2, 0.25) is 0 Å². The topological polar surface area (TPSA) is 158 Å². The van der Waals surface area contributed by atoms with Crippen molar-refractivity contribution < 1.29 is 70.4 Å². The molecule has 3 rings (SSSR count). The Kier molecular flexibility index (Phi) is 29.3. The van der Waals surface area contributed by atoms with Crippen LogP contribution in [0.5, 0.6) is 0 Å². The van der Waals surface area contributed by atoms with Gasteiger partial charge in [-0.2, -0.15) is 0 Å². The van der Waals surface area contributed by atoms with E-state index in [1.54, 1.807) is 54.6 Å². The Balaban J connectivity index is 1.29. The highest BCUT2D eigenvalue weighted by Crippen LogP contribution is 2.13. The van der Waals surface area contributed by atoms with Crippen molar-refractivity contribution in [3.05, 3.63) is 125 Å². The molecule has 0 saturated carbocycles. The number of rotatable bonds is 35. The molecule has 69 heavy (non-hydrogen) atoms. The molecule has 0 N–H and O–H groups in total. The second-order valence-corrected chi connectivity index (χ2v) is 16.2. The highest BCUT2D eigenvalue weighted by molar-refractivity contribution is 5.88. The molecule has 0 aliphatic carbocycles. The van der Waals surface area contributed by atoms with Gasteiger partial charge in [0.05, 0.1) is 19.8 Å². The largest absolute Gasteiger partial charge is 0.463 e. The highest BCUT2D eigenvalue weighted by Gasteiger charge is 2.19. The molecule has 0 amide bonds. The van der Waals surface area contributed by atoms with E-state index in [0.29, 0.717) is 55.2 Å². The van der Waals surface area contributed by atoms with E-state index in [2.05, 4.69) is 0 Å². The third-order valence-corrected chi connectivity index (χ3v) is 10.3. The lowest BCUT2D eigenvalue weighted by molar-refractivity contribution is -0.167. The zero-order chi connectivity index (χ0) is 49.7. The Bertz CT molecular complexity index is 1970. The molecule has 374 valence electrons. The van der Waals surface area contributed by atoms with Gasteiger partial charge < -0.3 is 28.4 Å². The second kappa shape index (κ2) is 35.6. The third kappa shape index (κ3) is 29.8. The average Bonchev–Trinajstić information content (AvgIpc) is 3.34. The zero-order valence-corrected chi connectivity index (χ0v) is 39.3. The van der Waals surface area contributed by atoms with E-state index in [4.69, 9.17) is 28.4 Å². The number of unbranched alkanes of at least 4 members (excludes halogenated alkanes) is 12. The summed E-state index contributed by atoms with van der Waals surface area (Å²) in [6.45, 7) is 0.195. The number of carbonyl (C=O) groups excluding carboxylic acids is 6. The van der Waals surface area contributed by atoms with Crippen LogP contribution in [-0.2, 0) is 57.2 Å². The van der Waals surface area contributed by atoms with Crippen molar-refractivity contribution in [2.45, 2.75) is 122 Å². The van der Waals surface area contributed by atoms with Crippen molar-refractivity contribution in [2.24, 2.45) is 0 Å². The van der Waals surface area contributed by atoms with Gasteiger partial charge in [-0.3, -0.25) is 14.4 Å². The lowest BCUT2D eigenvalue weighted by Gasteiger charge is -2.18. The lowest BCUT2D eigenvalue weighted by atomic mass is 10.1. The summed E-state index contributed by atoms with van der Waals surface area (Å²) in [7, 11) is 0. The van der Waals surface area contributed by atoms with Crippen LogP contribution in [-0.4, -0.2) is 75.0 Å². The second-order valence-electron chi connectivity index (χ2n) is 16.2. The van der Waals surface area contributed by atoms with Crippen molar-refractivity contribution in [1.82, 2.24) is 0 Å². The predicted octanol–water partition coefficient (Wildman–Crippen LogP) is 11.2. The van der Waals surface area contributed by atoms with Crippen LogP contribution < -0.4 is 0 Å². The summed E-state index contributed by atoms with van der Waals surface area (Å²) in [4.78, 5) is 73.7. The highest BCUT2D eigenvalue weighted by atomic mass is 19.1. The number of benzene rings is 3. The fourth-order valence-corrected chi connectivity index (χ4v) is 6.46. The monoisotopic (exact) mass is 962 g/mol. The molecule has 0 aromatic heterocycles. The first-order valence-electron chi connectivity index (χ1n) is 23.8. The maximum Gasteiger partial charge on any atom is 0.330 e. The van der Waals surface area contributed by atoms with Crippen LogP contribution in [0.25, 0.3) is 18.2 Å². The maximum absolute atomic E-state index is 13.0. The van der Waals surface area contributed by atoms with Crippen LogP contribution >= 0.6 is 0 Å². The van der Waals surface area contributed by atoms with Crippen LogP contribution in [0.4, 0.5) is 13.2 Å². The first-order valence-corrected chi connectivity index (χ1v) is 23.8. The number of hydrogen-bond acceptors (Lipinski definition) is 12. The van der Waals surface area contributed by atoms with Gasteiger partial charge in [0.1, 0.15) is 30.7 Å². The molecule has 0 heterocycles. The first-order chi connectivity index (χ1) is 33.4. The minimum absolute atomic E-state index is 0.110. The molecular weight excluding hydrogens is 898 g/mol. The van der Waals surface area contributed by atoms with Gasteiger partial charge in [0.25, 0.3) is 0 Å². The van der Waals surface area contributed by atoms with Crippen LogP contribution in [0.1, 0.15) is 132 Å². The van der Waals surface area contributed by atoms with Gasteiger partial charge in [-0.15, -0.1) is 0 Å². The Morgan fingerprint density at radius 3 is 0.957 bits per heavy atom. The third-order valence-electron chi connectivity index (χ3n) is 10.3. The first kappa shape index (κ1) is 56.8. The van der Waals surface area contributed by atoms with Gasteiger partial charge in [-0.05, 0) is 110 Å². The van der Waals surface area contributed by atoms with Gasteiger partial charge in [0, 0.05) is 37.5 Å². The van der Waals surface area contributed by atoms with E-state index in [9.17, 15) is 41.9 Å². The number of hydrogen-bond donors (Lipinski definition) is 0. The SMILES string of the molecule is O=C(C=Cc1ccc(F)cc1)OCCCCCCCC(=O)OCC(COC(=O)CCCCCCCOC(=O)C=Cc1ccc(F)cc1)OC(=O)CCCCCCCOC(=O)C=Cc1ccc(F)cc1. The van der Waals surface area contributed by atoms with E-state index in [-0.39, 0.29) is 69.7 Å². The van der Waals surface area contributed by atoms with Crippen molar-refractivity contribution >= 4 is 54.0 Å². The fourth-order valence-electron chi connectivity index (χ4n) is 6.46. The summed E-state index contributed by atoms with van der Waals surface area (Å²) in [6.07, 6.45) is 18.6. The number of esters is 6. The molecule has 0 aliphatic rings. The Morgan fingerprint density at radius 2 is 0.638 bits per heavy atom. The molecule has 0 radical (unpaired) electrons. The summed E-state index contributed by atoms with van der Waals surface area (Å²) in [6, 6.07) is 17.2. The van der Waals surface area contributed by atoms with Gasteiger partial charge in [-0.1, -0.05) is 94.2 Å². The number of carbonyl (C=O) groups is 6. The summed E-state index contributed by atoms with van der Waals surface area (Å²) >= 11 is 0. The van der Waals surface area contributed by atoms with Crippen LogP contribution in [0, 0.1) is 17.5 Å².